The zero-order valence-corrected chi connectivity index (χ0v) is 9.06. The Bertz CT molecular complexity index is 542. The van der Waals surface area contributed by atoms with Crippen LogP contribution in [0.3, 0.4) is 0 Å². The van der Waals surface area contributed by atoms with Gasteiger partial charge >= 0.3 is 5.76 Å². The number of aliphatic hydroxyl groups is 1. The Kier molecular flexibility index (Phi) is 3.07. The predicted molar refractivity (Wildman–Crippen MR) is 60.2 cm³/mol. The minimum Gasteiger partial charge on any atom is -0.408 e. The largest absolute Gasteiger partial charge is 0.419 e. The van der Waals surface area contributed by atoms with Crippen molar-refractivity contribution >= 4 is 11.1 Å². The smallest absolute Gasteiger partial charge is 0.408 e. The van der Waals surface area contributed by atoms with Crippen LogP contribution in [0.5, 0.6) is 0 Å². The molecule has 5 heteroatoms. The van der Waals surface area contributed by atoms with Crippen molar-refractivity contribution in [1.82, 2.24) is 9.88 Å². The van der Waals surface area contributed by atoms with Crippen LogP contribution in [-0.4, -0.2) is 22.9 Å². The number of aryl methyl sites for hydroxylation is 1. The molecule has 16 heavy (non-hydrogen) atoms. The lowest BCUT2D eigenvalue weighted by Crippen LogP contribution is -2.17. The summed E-state index contributed by atoms with van der Waals surface area (Å²) < 4.78 is 6.56. The van der Waals surface area contributed by atoms with Crippen molar-refractivity contribution in [2.45, 2.75) is 6.42 Å². The van der Waals surface area contributed by atoms with Crippen molar-refractivity contribution in [2.75, 3.05) is 13.3 Å². The van der Waals surface area contributed by atoms with Crippen LogP contribution in [0.25, 0.3) is 11.1 Å². The third-order valence-corrected chi connectivity index (χ3v) is 2.56. The number of aromatic nitrogens is 1. The Hall–Kier alpha value is -1.59. The van der Waals surface area contributed by atoms with E-state index < -0.39 is 0 Å². The van der Waals surface area contributed by atoms with E-state index in [-0.39, 0.29) is 12.5 Å². The van der Waals surface area contributed by atoms with Gasteiger partial charge in [0.1, 0.15) is 0 Å². The number of fused-ring (bicyclic) bond motifs is 1. The number of benzene rings is 1. The first-order chi connectivity index (χ1) is 7.72. The lowest BCUT2D eigenvalue weighted by atomic mass is 10.1. The van der Waals surface area contributed by atoms with E-state index >= 15 is 0 Å². The maximum absolute atomic E-state index is 11.3. The first kappa shape index (κ1) is 10.9. The van der Waals surface area contributed by atoms with E-state index in [1.807, 2.05) is 18.2 Å². The fourth-order valence-corrected chi connectivity index (χ4v) is 1.65. The van der Waals surface area contributed by atoms with E-state index in [4.69, 9.17) is 9.52 Å². The van der Waals surface area contributed by atoms with Gasteiger partial charge in [0.25, 0.3) is 0 Å². The Balaban J connectivity index is 2.27. The van der Waals surface area contributed by atoms with Gasteiger partial charge in [-0.2, -0.15) is 0 Å². The Labute approximate surface area is 92.3 Å². The van der Waals surface area contributed by atoms with Crippen molar-refractivity contribution in [1.29, 1.82) is 0 Å². The summed E-state index contributed by atoms with van der Waals surface area (Å²) in [4.78, 5) is 11.3. The molecule has 2 rings (SSSR count). The molecule has 0 aliphatic heterocycles. The fraction of sp³-hybridized carbons (Fsp3) is 0.364. The highest BCUT2D eigenvalue weighted by atomic mass is 16.4. The van der Waals surface area contributed by atoms with Crippen molar-refractivity contribution in [3.8, 4) is 0 Å². The summed E-state index contributed by atoms with van der Waals surface area (Å²) >= 11 is 0. The summed E-state index contributed by atoms with van der Waals surface area (Å²) in [7, 11) is 1.68. The summed E-state index contributed by atoms with van der Waals surface area (Å²) in [5.41, 5.74) is 2.47. The highest BCUT2D eigenvalue weighted by Crippen LogP contribution is 2.14. The molecule has 0 bridgehead atoms. The standard InChI is InChI=1S/C11H14N2O3/c1-13-9-3-2-8(4-5-12-7-14)6-10(9)16-11(13)15/h2-3,6,12,14H,4-5,7H2,1H3. The Morgan fingerprint density at radius 1 is 1.50 bits per heavy atom. The van der Waals surface area contributed by atoms with Gasteiger partial charge in [-0.3, -0.25) is 9.88 Å². The highest BCUT2D eigenvalue weighted by molar-refractivity contribution is 5.73. The maximum atomic E-state index is 11.3. The number of rotatable bonds is 4. The molecule has 1 aromatic carbocycles. The second kappa shape index (κ2) is 4.51. The van der Waals surface area contributed by atoms with E-state index in [1.165, 1.54) is 4.57 Å². The van der Waals surface area contributed by atoms with E-state index in [0.29, 0.717) is 12.1 Å². The number of hydrogen-bond donors (Lipinski definition) is 2. The zero-order valence-electron chi connectivity index (χ0n) is 9.06. The SMILES string of the molecule is Cn1c(=O)oc2cc(CCNCO)ccc21. The van der Waals surface area contributed by atoms with E-state index in [0.717, 1.165) is 17.5 Å². The van der Waals surface area contributed by atoms with Crippen molar-refractivity contribution in [3.05, 3.63) is 34.3 Å². The molecule has 2 N–H and O–H groups in total. The molecular formula is C11H14N2O3. The van der Waals surface area contributed by atoms with Crippen molar-refractivity contribution < 1.29 is 9.52 Å². The Morgan fingerprint density at radius 2 is 2.31 bits per heavy atom. The molecule has 0 atom stereocenters. The van der Waals surface area contributed by atoms with Gasteiger partial charge in [-0.05, 0) is 24.1 Å². The van der Waals surface area contributed by atoms with E-state index in [1.54, 1.807) is 7.05 Å². The topological polar surface area (TPSA) is 67.4 Å². The van der Waals surface area contributed by atoms with Gasteiger partial charge in [-0.25, -0.2) is 4.79 Å². The number of aliphatic hydroxyl groups excluding tert-OH is 1. The monoisotopic (exact) mass is 222 g/mol. The third kappa shape index (κ3) is 2.00. The summed E-state index contributed by atoms with van der Waals surface area (Å²) in [6.07, 6.45) is 0.787. The van der Waals surface area contributed by atoms with Crippen LogP contribution in [0.15, 0.2) is 27.4 Å². The first-order valence-corrected chi connectivity index (χ1v) is 5.12. The minimum atomic E-state index is -0.347. The summed E-state index contributed by atoms with van der Waals surface area (Å²) in [5.74, 6) is -0.347. The average molecular weight is 222 g/mol. The molecule has 0 aliphatic carbocycles. The quantitative estimate of drug-likeness (QED) is 0.573. The maximum Gasteiger partial charge on any atom is 0.419 e. The van der Waals surface area contributed by atoms with Crippen LogP contribution in [0.4, 0.5) is 0 Å². The molecule has 0 fully saturated rings. The van der Waals surface area contributed by atoms with Gasteiger partial charge in [0.2, 0.25) is 0 Å². The summed E-state index contributed by atoms with van der Waals surface area (Å²) in [6, 6.07) is 5.68. The van der Waals surface area contributed by atoms with Gasteiger partial charge < -0.3 is 9.52 Å². The molecule has 0 aliphatic rings. The fourth-order valence-electron chi connectivity index (χ4n) is 1.65. The van der Waals surface area contributed by atoms with Gasteiger partial charge in [0.15, 0.2) is 5.58 Å². The molecule has 0 spiro atoms. The van der Waals surface area contributed by atoms with Gasteiger partial charge in [-0.1, -0.05) is 6.07 Å². The third-order valence-electron chi connectivity index (χ3n) is 2.56. The number of nitrogens with zero attached hydrogens (tertiary/aromatic N) is 1. The molecule has 0 unspecified atom stereocenters. The average Bonchev–Trinajstić information content (AvgIpc) is 2.55. The normalized spacial score (nSPS) is 11.1. The number of nitrogens with one attached hydrogen (secondary N) is 1. The Morgan fingerprint density at radius 3 is 3.06 bits per heavy atom. The molecule has 2 aromatic rings. The van der Waals surface area contributed by atoms with Gasteiger partial charge in [-0.15, -0.1) is 0 Å². The van der Waals surface area contributed by atoms with Crippen molar-refractivity contribution in [2.24, 2.45) is 7.05 Å². The van der Waals surface area contributed by atoms with Crippen LogP contribution in [0.2, 0.25) is 0 Å². The zero-order chi connectivity index (χ0) is 11.5. The summed E-state index contributed by atoms with van der Waals surface area (Å²) in [6.45, 7) is 0.668. The lowest BCUT2D eigenvalue weighted by Gasteiger charge is -2.01. The molecule has 86 valence electrons. The predicted octanol–water partition coefficient (Wildman–Crippen LogP) is 0.213. The summed E-state index contributed by atoms with van der Waals surface area (Å²) in [5, 5.41) is 11.4. The molecular weight excluding hydrogens is 208 g/mol. The first-order valence-electron chi connectivity index (χ1n) is 5.12. The number of hydrogen-bond acceptors (Lipinski definition) is 4. The lowest BCUT2D eigenvalue weighted by molar-refractivity contribution is 0.262. The molecule has 0 radical (unpaired) electrons. The van der Waals surface area contributed by atoms with Crippen LogP contribution >= 0.6 is 0 Å². The molecule has 5 nitrogen and oxygen atoms in total. The number of oxazole rings is 1. The van der Waals surface area contributed by atoms with Crippen molar-refractivity contribution in [3.63, 3.8) is 0 Å². The molecule has 1 heterocycles. The van der Waals surface area contributed by atoms with Crippen LogP contribution in [0, 0.1) is 0 Å². The molecule has 0 amide bonds. The second-order valence-corrected chi connectivity index (χ2v) is 3.64. The second-order valence-electron chi connectivity index (χ2n) is 3.64. The van der Waals surface area contributed by atoms with Crippen LogP contribution in [-0.2, 0) is 13.5 Å². The molecule has 1 aromatic heterocycles. The molecule has 0 saturated carbocycles. The van der Waals surface area contributed by atoms with E-state index in [9.17, 15) is 4.79 Å². The van der Waals surface area contributed by atoms with Gasteiger partial charge in [0.05, 0.1) is 12.2 Å². The van der Waals surface area contributed by atoms with E-state index in [2.05, 4.69) is 5.32 Å². The minimum absolute atomic E-state index is 0.0251. The highest BCUT2D eigenvalue weighted by Gasteiger charge is 2.05. The van der Waals surface area contributed by atoms with Gasteiger partial charge in [0, 0.05) is 13.6 Å². The van der Waals surface area contributed by atoms with Crippen LogP contribution < -0.4 is 11.1 Å². The van der Waals surface area contributed by atoms with Crippen LogP contribution in [0.1, 0.15) is 5.56 Å². The molecule has 0 saturated heterocycles.